The van der Waals surface area contributed by atoms with Crippen LogP contribution in [-0.4, -0.2) is 23.1 Å². The fourth-order valence-corrected chi connectivity index (χ4v) is 1.70. The zero-order valence-electron chi connectivity index (χ0n) is 9.46. The molecule has 0 saturated carbocycles. The van der Waals surface area contributed by atoms with Gasteiger partial charge < -0.3 is 9.47 Å². The maximum absolute atomic E-state index is 13.0. The summed E-state index contributed by atoms with van der Waals surface area (Å²) in [4.78, 5) is 21.4. The number of nitro groups is 1. The largest absolute Gasteiger partial charge is 0.471 e. The maximum atomic E-state index is 13.0. The number of carbonyl (C=O) groups excluding carboxylic acids is 1. The van der Waals surface area contributed by atoms with Crippen LogP contribution in [0.4, 0.5) is 10.1 Å². The van der Waals surface area contributed by atoms with Crippen LogP contribution in [-0.2, 0) is 9.53 Å². The summed E-state index contributed by atoms with van der Waals surface area (Å²) in [5.74, 6) is -1.54. The second kappa shape index (κ2) is 4.59. The van der Waals surface area contributed by atoms with Crippen molar-refractivity contribution in [3.8, 4) is 5.75 Å². The maximum Gasteiger partial charge on any atom is 0.347 e. The monoisotopic (exact) mass is 255 g/mol. The smallest absolute Gasteiger partial charge is 0.347 e. The molecule has 2 atom stereocenters. The quantitative estimate of drug-likeness (QED) is 0.467. The molecule has 0 aromatic heterocycles. The van der Waals surface area contributed by atoms with Crippen LogP contribution in [0, 0.1) is 15.9 Å². The van der Waals surface area contributed by atoms with E-state index in [0.29, 0.717) is 0 Å². The minimum atomic E-state index is -0.930. The lowest BCUT2D eigenvalue weighted by Crippen LogP contribution is -2.22. The van der Waals surface area contributed by atoms with Gasteiger partial charge in [-0.05, 0) is 13.0 Å². The highest BCUT2D eigenvalue weighted by atomic mass is 19.1. The molecule has 7 heteroatoms. The number of halogens is 1. The molecular formula is C11H10FNO5. The van der Waals surface area contributed by atoms with Crippen LogP contribution >= 0.6 is 0 Å². The van der Waals surface area contributed by atoms with Crippen LogP contribution in [0.2, 0.25) is 0 Å². The van der Waals surface area contributed by atoms with Gasteiger partial charge in [0.25, 0.3) is 0 Å². The van der Waals surface area contributed by atoms with E-state index >= 15 is 0 Å². The van der Waals surface area contributed by atoms with Crippen molar-refractivity contribution in [2.24, 2.45) is 0 Å². The van der Waals surface area contributed by atoms with Crippen molar-refractivity contribution < 1.29 is 23.6 Å². The van der Waals surface area contributed by atoms with Crippen molar-refractivity contribution in [2.45, 2.75) is 25.6 Å². The second-order valence-corrected chi connectivity index (χ2v) is 3.96. The normalized spacial score (nSPS) is 22.7. The number of carbonyl (C=O) groups is 1. The molecule has 96 valence electrons. The number of rotatable bonds is 3. The minimum absolute atomic E-state index is 0.268. The fraction of sp³-hybridized carbons (Fsp3) is 0.364. The third-order valence-electron chi connectivity index (χ3n) is 2.51. The van der Waals surface area contributed by atoms with Gasteiger partial charge in [-0.3, -0.25) is 10.1 Å². The van der Waals surface area contributed by atoms with E-state index in [-0.39, 0.29) is 24.0 Å². The average molecular weight is 255 g/mol. The molecule has 18 heavy (non-hydrogen) atoms. The molecule has 1 aromatic carbocycles. The van der Waals surface area contributed by atoms with Crippen molar-refractivity contribution in [1.82, 2.24) is 0 Å². The van der Waals surface area contributed by atoms with Gasteiger partial charge >= 0.3 is 11.7 Å². The highest BCUT2D eigenvalue weighted by Crippen LogP contribution is 2.30. The van der Waals surface area contributed by atoms with Crippen LogP contribution < -0.4 is 4.74 Å². The lowest BCUT2D eigenvalue weighted by atomic mass is 10.2. The molecular weight excluding hydrogens is 245 g/mol. The number of hydrogen-bond acceptors (Lipinski definition) is 5. The average Bonchev–Trinajstić information content (AvgIpc) is 2.57. The van der Waals surface area contributed by atoms with E-state index in [0.717, 1.165) is 18.2 Å². The van der Waals surface area contributed by atoms with E-state index < -0.39 is 22.8 Å². The Morgan fingerprint density at radius 2 is 2.28 bits per heavy atom. The summed E-state index contributed by atoms with van der Waals surface area (Å²) < 4.78 is 23.1. The van der Waals surface area contributed by atoms with E-state index in [2.05, 4.69) is 0 Å². The Labute approximate surface area is 101 Å². The minimum Gasteiger partial charge on any atom is -0.471 e. The molecule has 0 aliphatic carbocycles. The van der Waals surface area contributed by atoms with Crippen molar-refractivity contribution in [1.29, 1.82) is 0 Å². The Morgan fingerprint density at radius 3 is 2.83 bits per heavy atom. The molecule has 0 radical (unpaired) electrons. The summed E-state index contributed by atoms with van der Waals surface area (Å²) in [6.45, 7) is 1.68. The summed E-state index contributed by atoms with van der Waals surface area (Å²) in [5.41, 5.74) is -0.385. The number of nitro benzene ring substituents is 1. The molecule has 6 nitrogen and oxygen atoms in total. The Bertz CT molecular complexity index is 504. The van der Waals surface area contributed by atoms with Crippen molar-refractivity contribution in [2.75, 3.05) is 0 Å². The first kappa shape index (κ1) is 12.3. The molecule has 2 rings (SSSR count). The van der Waals surface area contributed by atoms with Gasteiger partial charge in [-0.2, -0.15) is 0 Å². The van der Waals surface area contributed by atoms with Gasteiger partial charge in [-0.25, -0.2) is 9.18 Å². The lowest BCUT2D eigenvalue weighted by Gasteiger charge is -2.09. The third-order valence-corrected chi connectivity index (χ3v) is 2.51. The third kappa shape index (κ3) is 2.39. The van der Waals surface area contributed by atoms with Gasteiger partial charge in [0.05, 0.1) is 4.92 Å². The van der Waals surface area contributed by atoms with E-state index in [1.54, 1.807) is 6.92 Å². The lowest BCUT2D eigenvalue weighted by molar-refractivity contribution is -0.386. The highest BCUT2D eigenvalue weighted by molar-refractivity contribution is 5.77. The molecule has 1 fully saturated rings. The standard InChI is InChI=1S/C11H10FNO5/c1-6-4-10(11(14)17-6)18-9-5-7(12)2-3-8(9)13(15)16/h2-3,5-6,10H,4H2,1H3/t6-,10-/m1/s1. The number of nitrogens with zero attached hydrogens (tertiary/aromatic N) is 1. The van der Waals surface area contributed by atoms with Crippen LogP contribution in [0.15, 0.2) is 18.2 Å². The van der Waals surface area contributed by atoms with E-state index in [4.69, 9.17) is 9.47 Å². The van der Waals surface area contributed by atoms with E-state index in [1.807, 2.05) is 0 Å². The predicted molar refractivity (Wildman–Crippen MR) is 57.6 cm³/mol. The van der Waals surface area contributed by atoms with Gasteiger partial charge in [-0.1, -0.05) is 0 Å². The number of benzene rings is 1. The van der Waals surface area contributed by atoms with Crippen molar-refractivity contribution in [3.05, 3.63) is 34.1 Å². The first-order chi connectivity index (χ1) is 8.47. The summed E-state index contributed by atoms with van der Waals surface area (Å²) >= 11 is 0. The topological polar surface area (TPSA) is 78.7 Å². The van der Waals surface area contributed by atoms with Crippen LogP contribution in [0.25, 0.3) is 0 Å². The van der Waals surface area contributed by atoms with Crippen LogP contribution in [0.5, 0.6) is 5.75 Å². The number of cyclic esters (lactones) is 1. The number of hydrogen-bond donors (Lipinski definition) is 0. The van der Waals surface area contributed by atoms with Gasteiger partial charge in [0, 0.05) is 18.6 Å². The Kier molecular flexibility index (Phi) is 3.14. The molecule has 0 N–H and O–H groups in total. The Morgan fingerprint density at radius 1 is 1.56 bits per heavy atom. The van der Waals surface area contributed by atoms with E-state index in [1.165, 1.54) is 0 Å². The molecule has 1 aliphatic heterocycles. The van der Waals surface area contributed by atoms with Crippen LogP contribution in [0.1, 0.15) is 13.3 Å². The molecule has 0 bridgehead atoms. The summed E-state index contributed by atoms with van der Waals surface area (Å²) in [7, 11) is 0. The van der Waals surface area contributed by atoms with Crippen molar-refractivity contribution in [3.63, 3.8) is 0 Å². The molecule has 1 aromatic rings. The molecule has 1 saturated heterocycles. The van der Waals surface area contributed by atoms with Crippen LogP contribution in [0.3, 0.4) is 0 Å². The fourth-order valence-electron chi connectivity index (χ4n) is 1.70. The number of esters is 1. The summed E-state index contributed by atoms with van der Waals surface area (Å²) in [5, 5.41) is 10.7. The molecule has 0 spiro atoms. The molecule has 0 amide bonds. The van der Waals surface area contributed by atoms with Gasteiger partial charge in [0.1, 0.15) is 11.9 Å². The first-order valence-electron chi connectivity index (χ1n) is 5.28. The van der Waals surface area contributed by atoms with Gasteiger partial charge in [0.15, 0.2) is 6.10 Å². The van der Waals surface area contributed by atoms with Gasteiger partial charge in [0.2, 0.25) is 5.75 Å². The van der Waals surface area contributed by atoms with Gasteiger partial charge in [-0.15, -0.1) is 0 Å². The second-order valence-electron chi connectivity index (χ2n) is 3.96. The summed E-state index contributed by atoms with van der Waals surface area (Å²) in [6, 6.07) is 2.84. The first-order valence-corrected chi connectivity index (χ1v) is 5.28. The zero-order chi connectivity index (χ0) is 13.3. The molecule has 1 aliphatic rings. The molecule has 0 unspecified atom stereocenters. The Balaban J connectivity index is 2.25. The van der Waals surface area contributed by atoms with Crippen molar-refractivity contribution >= 4 is 11.7 Å². The van der Waals surface area contributed by atoms with E-state index in [9.17, 15) is 19.3 Å². The Hall–Kier alpha value is -2.18. The predicted octanol–water partition coefficient (Wildman–Crippen LogP) is 1.82. The number of ether oxygens (including phenoxy) is 2. The zero-order valence-corrected chi connectivity index (χ0v) is 9.46. The SMILES string of the molecule is C[C@@H]1C[C@@H](Oc2cc(F)ccc2[N+](=O)[O-])C(=O)O1. The highest BCUT2D eigenvalue weighted by Gasteiger charge is 2.35. The molecule has 1 heterocycles. The summed E-state index contributed by atoms with van der Waals surface area (Å²) in [6.07, 6.45) is -0.956.